The Hall–Kier alpha value is -2.04. The summed E-state index contributed by atoms with van der Waals surface area (Å²) in [5.74, 6) is -0.405. The third-order valence-electron chi connectivity index (χ3n) is 3.07. The Kier molecular flexibility index (Phi) is 2.77. The number of amides is 1. The fourth-order valence-electron chi connectivity index (χ4n) is 2.09. The number of anilines is 2. The van der Waals surface area contributed by atoms with Crippen molar-refractivity contribution in [2.45, 2.75) is 19.4 Å². The molecule has 0 bridgehead atoms. The van der Waals surface area contributed by atoms with Crippen molar-refractivity contribution in [3.8, 4) is 0 Å². The lowest BCUT2D eigenvalue weighted by Crippen LogP contribution is -2.52. The topological polar surface area (TPSA) is 58.6 Å². The van der Waals surface area contributed by atoms with Crippen LogP contribution < -0.4 is 10.2 Å². The van der Waals surface area contributed by atoms with E-state index in [1.165, 1.54) is 7.11 Å². The molecule has 1 N–H and O–H groups in total. The maximum Gasteiger partial charge on any atom is 0.337 e. The molecule has 1 aromatic carbocycles. The highest BCUT2D eigenvalue weighted by molar-refractivity contribution is 6.07. The molecular formula is C13H16N2O3. The lowest BCUT2D eigenvalue weighted by molar-refractivity contribution is -0.121. The summed E-state index contributed by atoms with van der Waals surface area (Å²) in [5, 5.41) is 3.14. The summed E-state index contributed by atoms with van der Waals surface area (Å²) in [6.07, 6.45) is 0. The van der Waals surface area contributed by atoms with Gasteiger partial charge in [0.15, 0.2) is 0 Å². The van der Waals surface area contributed by atoms with Crippen LogP contribution in [-0.2, 0) is 9.53 Å². The average Bonchev–Trinajstić information content (AvgIpc) is 2.34. The lowest BCUT2D eigenvalue weighted by atomic mass is 9.98. The van der Waals surface area contributed by atoms with E-state index in [2.05, 4.69) is 10.1 Å². The van der Waals surface area contributed by atoms with Gasteiger partial charge in [0.1, 0.15) is 5.54 Å². The van der Waals surface area contributed by atoms with Crippen molar-refractivity contribution in [1.29, 1.82) is 0 Å². The fraction of sp³-hybridized carbons (Fsp3) is 0.385. The van der Waals surface area contributed by atoms with Crippen LogP contribution in [0.15, 0.2) is 18.2 Å². The molecule has 0 radical (unpaired) electrons. The first-order valence-electron chi connectivity index (χ1n) is 5.65. The Morgan fingerprint density at radius 2 is 2.06 bits per heavy atom. The van der Waals surface area contributed by atoms with Crippen LogP contribution in [0.25, 0.3) is 0 Å². The number of nitrogens with one attached hydrogen (secondary N) is 1. The van der Waals surface area contributed by atoms with E-state index in [-0.39, 0.29) is 5.91 Å². The average molecular weight is 248 g/mol. The summed E-state index contributed by atoms with van der Waals surface area (Å²) in [6, 6.07) is 5.09. The summed E-state index contributed by atoms with van der Waals surface area (Å²) in [5.41, 5.74) is 1.29. The van der Waals surface area contributed by atoms with Gasteiger partial charge in [0.05, 0.1) is 24.0 Å². The van der Waals surface area contributed by atoms with E-state index in [9.17, 15) is 9.59 Å². The molecule has 0 aliphatic carbocycles. The highest BCUT2D eigenvalue weighted by Gasteiger charge is 2.36. The highest BCUT2D eigenvalue weighted by Crippen LogP contribution is 2.35. The van der Waals surface area contributed by atoms with Crippen LogP contribution in [0.1, 0.15) is 24.2 Å². The third kappa shape index (κ3) is 1.81. The number of esters is 1. The van der Waals surface area contributed by atoms with Gasteiger partial charge in [0.2, 0.25) is 0 Å². The van der Waals surface area contributed by atoms with Gasteiger partial charge in [-0.1, -0.05) is 0 Å². The van der Waals surface area contributed by atoms with Crippen molar-refractivity contribution in [2.75, 3.05) is 24.4 Å². The SMILES string of the molecule is COC(=O)c1ccc2c(c1)NC(C)(C)C(=O)N2C. The minimum absolute atomic E-state index is 0.0131. The number of likely N-dealkylation sites (N-methyl/N-ethyl adjacent to an activating group) is 1. The number of fused-ring (bicyclic) bond motifs is 1. The molecule has 1 aromatic rings. The highest BCUT2D eigenvalue weighted by atomic mass is 16.5. The zero-order valence-electron chi connectivity index (χ0n) is 10.9. The molecule has 0 unspecified atom stereocenters. The zero-order valence-corrected chi connectivity index (χ0v) is 10.9. The number of methoxy groups -OCH3 is 1. The standard InChI is InChI=1S/C13H16N2O3/c1-13(2)12(17)15(3)10-6-5-8(11(16)18-4)7-9(10)14-13/h5-7,14H,1-4H3. The number of hydrogen-bond acceptors (Lipinski definition) is 4. The maximum atomic E-state index is 12.1. The lowest BCUT2D eigenvalue weighted by Gasteiger charge is -2.38. The van der Waals surface area contributed by atoms with Gasteiger partial charge < -0.3 is 15.0 Å². The third-order valence-corrected chi connectivity index (χ3v) is 3.07. The number of nitrogens with zero attached hydrogens (tertiary/aromatic N) is 1. The monoisotopic (exact) mass is 248 g/mol. The minimum Gasteiger partial charge on any atom is -0.465 e. The van der Waals surface area contributed by atoms with E-state index in [0.29, 0.717) is 5.56 Å². The summed E-state index contributed by atoms with van der Waals surface area (Å²) in [4.78, 5) is 25.1. The molecule has 0 aromatic heterocycles. The van der Waals surface area contributed by atoms with Gasteiger partial charge in [-0.05, 0) is 32.0 Å². The van der Waals surface area contributed by atoms with Crippen molar-refractivity contribution in [3.05, 3.63) is 23.8 Å². The molecular weight excluding hydrogens is 232 g/mol. The molecule has 1 amide bonds. The Labute approximate surface area is 106 Å². The minimum atomic E-state index is -0.684. The van der Waals surface area contributed by atoms with Crippen LogP contribution in [0, 0.1) is 0 Å². The number of carbonyl (C=O) groups excluding carboxylic acids is 2. The molecule has 0 fully saturated rings. The Balaban J connectivity index is 2.49. The van der Waals surface area contributed by atoms with E-state index < -0.39 is 11.5 Å². The van der Waals surface area contributed by atoms with E-state index in [0.717, 1.165) is 11.4 Å². The first-order chi connectivity index (χ1) is 8.36. The predicted molar refractivity (Wildman–Crippen MR) is 68.9 cm³/mol. The van der Waals surface area contributed by atoms with Gasteiger partial charge >= 0.3 is 5.97 Å². The van der Waals surface area contributed by atoms with Gasteiger partial charge in [-0.15, -0.1) is 0 Å². The second-order valence-electron chi connectivity index (χ2n) is 4.84. The van der Waals surface area contributed by atoms with Crippen LogP contribution in [0.5, 0.6) is 0 Å². The van der Waals surface area contributed by atoms with Gasteiger partial charge in [-0.2, -0.15) is 0 Å². The number of ether oxygens (including phenoxy) is 1. The maximum absolute atomic E-state index is 12.1. The molecule has 0 saturated carbocycles. The zero-order chi connectivity index (χ0) is 13.5. The second-order valence-corrected chi connectivity index (χ2v) is 4.84. The van der Waals surface area contributed by atoms with Crippen molar-refractivity contribution in [2.24, 2.45) is 0 Å². The second kappa shape index (κ2) is 4.01. The quantitative estimate of drug-likeness (QED) is 0.768. The number of hydrogen-bond donors (Lipinski definition) is 1. The van der Waals surface area contributed by atoms with E-state index in [1.54, 1.807) is 44.0 Å². The van der Waals surface area contributed by atoms with Crippen LogP contribution in [-0.4, -0.2) is 31.6 Å². The molecule has 1 heterocycles. The van der Waals surface area contributed by atoms with Gasteiger partial charge in [-0.3, -0.25) is 4.79 Å². The van der Waals surface area contributed by atoms with E-state index in [1.807, 2.05) is 0 Å². The molecule has 18 heavy (non-hydrogen) atoms. The molecule has 96 valence electrons. The van der Waals surface area contributed by atoms with Crippen molar-refractivity contribution in [3.63, 3.8) is 0 Å². The molecule has 0 atom stereocenters. The Bertz CT molecular complexity index is 523. The van der Waals surface area contributed by atoms with E-state index in [4.69, 9.17) is 0 Å². The van der Waals surface area contributed by atoms with Gasteiger partial charge in [0, 0.05) is 7.05 Å². The Morgan fingerprint density at radius 3 is 2.67 bits per heavy atom. The van der Waals surface area contributed by atoms with Crippen molar-refractivity contribution < 1.29 is 14.3 Å². The van der Waals surface area contributed by atoms with Crippen molar-refractivity contribution >= 4 is 23.3 Å². The largest absolute Gasteiger partial charge is 0.465 e. The van der Waals surface area contributed by atoms with Crippen LogP contribution in [0.4, 0.5) is 11.4 Å². The van der Waals surface area contributed by atoms with Gasteiger partial charge in [0.25, 0.3) is 5.91 Å². The molecule has 0 saturated heterocycles. The van der Waals surface area contributed by atoms with Crippen molar-refractivity contribution in [1.82, 2.24) is 0 Å². The normalized spacial score (nSPS) is 16.9. The molecule has 5 nitrogen and oxygen atoms in total. The van der Waals surface area contributed by atoms with Gasteiger partial charge in [-0.25, -0.2) is 4.79 Å². The summed E-state index contributed by atoms with van der Waals surface area (Å²) in [6.45, 7) is 3.61. The van der Waals surface area contributed by atoms with Crippen LogP contribution in [0.2, 0.25) is 0 Å². The molecule has 0 spiro atoms. The summed E-state index contributed by atoms with van der Waals surface area (Å²) < 4.78 is 4.68. The summed E-state index contributed by atoms with van der Waals surface area (Å²) in [7, 11) is 3.07. The molecule has 1 aliphatic heterocycles. The Morgan fingerprint density at radius 1 is 1.39 bits per heavy atom. The number of benzene rings is 1. The van der Waals surface area contributed by atoms with Crippen LogP contribution in [0.3, 0.4) is 0 Å². The fourth-order valence-corrected chi connectivity index (χ4v) is 2.09. The summed E-state index contributed by atoms with van der Waals surface area (Å²) >= 11 is 0. The molecule has 5 heteroatoms. The first kappa shape index (κ1) is 12.4. The molecule has 1 aliphatic rings. The predicted octanol–water partition coefficient (Wildman–Crippen LogP) is 1.64. The van der Waals surface area contributed by atoms with Crippen LogP contribution >= 0.6 is 0 Å². The smallest absolute Gasteiger partial charge is 0.337 e. The molecule has 2 rings (SSSR count). The number of rotatable bonds is 1. The van der Waals surface area contributed by atoms with E-state index >= 15 is 0 Å². The first-order valence-corrected chi connectivity index (χ1v) is 5.65. The number of carbonyl (C=O) groups is 2.